The van der Waals surface area contributed by atoms with Crippen LogP contribution in [-0.2, 0) is 19.0 Å². The molecule has 2 heterocycles. The zero-order chi connectivity index (χ0) is 15.6. The van der Waals surface area contributed by atoms with Crippen molar-refractivity contribution in [2.45, 2.75) is 70.9 Å². The molecule has 4 heteroatoms. The maximum absolute atomic E-state index is 12.5. The average Bonchev–Trinajstić information content (AvgIpc) is 3.32. The monoisotopic (exact) mass is 296 g/mol. The number of carbonyl (C=O) groups excluding carboxylic acids is 1. The molecule has 5 atom stereocenters. The number of ketones is 1. The fraction of sp³-hybridized carbons (Fsp3) is 0.824. The molecule has 0 bridgehead atoms. The average molecular weight is 296 g/mol. The van der Waals surface area contributed by atoms with E-state index in [1.165, 1.54) is 5.57 Å². The quantitative estimate of drug-likeness (QED) is 0.485. The van der Waals surface area contributed by atoms with Crippen molar-refractivity contribution in [3.8, 4) is 0 Å². The lowest BCUT2D eigenvalue weighted by Gasteiger charge is -2.20. The van der Waals surface area contributed by atoms with Gasteiger partial charge < -0.3 is 14.2 Å². The maximum Gasteiger partial charge on any atom is 0.164 e. The Balaban J connectivity index is 1.84. The van der Waals surface area contributed by atoms with E-state index in [1.807, 2.05) is 6.92 Å². The molecule has 0 radical (unpaired) electrons. The molecule has 2 fully saturated rings. The lowest BCUT2D eigenvalue weighted by Crippen LogP contribution is -2.33. The molecule has 0 aromatic carbocycles. The lowest BCUT2D eigenvalue weighted by molar-refractivity contribution is -0.133. The zero-order valence-corrected chi connectivity index (χ0v) is 13.8. The predicted molar refractivity (Wildman–Crippen MR) is 81.3 cm³/mol. The van der Waals surface area contributed by atoms with Crippen LogP contribution in [0, 0.1) is 5.92 Å². The Morgan fingerprint density at radius 1 is 1.48 bits per heavy atom. The summed E-state index contributed by atoms with van der Waals surface area (Å²) in [5.74, 6) is 0.159. The van der Waals surface area contributed by atoms with Crippen molar-refractivity contribution in [3.63, 3.8) is 0 Å². The fourth-order valence-corrected chi connectivity index (χ4v) is 2.81. The molecule has 2 saturated heterocycles. The number of Topliss-reactive ketones (excluding diaryl/α,β-unsaturated/α-hetero) is 1. The summed E-state index contributed by atoms with van der Waals surface area (Å²) in [6.45, 7) is 9.00. The van der Waals surface area contributed by atoms with Crippen LogP contribution in [0.25, 0.3) is 0 Å². The number of allylic oxidation sites excluding steroid dienone is 1. The van der Waals surface area contributed by atoms with Crippen LogP contribution in [0.4, 0.5) is 0 Å². The first-order valence-corrected chi connectivity index (χ1v) is 7.85. The van der Waals surface area contributed by atoms with Gasteiger partial charge in [-0.25, -0.2) is 0 Å². The first-order valence-electron chi connectivity index (χ1n) is 7.85. The Labute approximate surface area is 127 Å². The van der Waals surface area contributed by atoms with Gasteiger partial charge >= 0.3 is 0 Å². The van der Waals surface area contributed by atoms with Crippen LogP contribution in [0.15, 0.2) is 11.6 Å². The lowest BCUT2D eigenvalue weighted by atomic mass is 9.90. The molecule has 2 rings (SSSR count). The summed E-state index contributed by atoms with van der Waals surface area (Å²) in [6.07, 6.45) is 4.65. The number of epoxide rings is 2. The van der Waals surface area contributed by atoms with Crippen LogP contribution in [0.2, 0.25) is 0 Å². The fourth-order valence-electron chi connectivity index (χ4n) is 2.81. The van der Waals surface area contributed by atoms with Gasteiger partial charge in [0.1, 0.15) is 6.10 Å². The van der Waals surface area contributed by atoms with E-state index >= 15 is 0 Å². The van der Waals surface area contributed by atoms with Gasteiger partial charge in [-0.1, -0.05) is 18.6 Å². The molecule has 0 aromatic rings. The first kappa shape index (κ1) is 16.7. The Morgan fingerprint density at radius 3 is 2.67 bits per heavy atom. The van der Waals surface area contributed by atoms with E-state index in [4.69, 9.17) is 14.2 Å². The molecule has 0 amide bonds. The van der Waals surface area contributed by atoms with Crippen molar-refractivity contribution in [3.05, 3.63) is 11.6 Å². The van der Waals surface area contributed by atoms with Gasteiger partial charge in [0.05, 0.1) is 24.4 Å². The summed E-state index contributed by atoms with van der Waals surface area (Å²) in [7, 11) is 1.61. The van der Waals surface area contributed by atoms with Crippen molar-refractivity contribution in [2.75, 3.05) is 13.7 Å². The van der Waals surface area contributed by atoms with Crippen molar-refractivity contribution in [1.29, 1.82) is 0 Å². The SMILES string of the molecule is COC(CC1(C)OC1CC=C(C)C)C(=O)C(C)CC1CO1. The Hall–Kier alpha value is -0.710. The van der Waals surface area contributed by atoms with Crippen LogP contribution in [-0.4, -0.2) is 43.4 Å². The third-order valence-electron chi connectivity index (χ3n) is 4.47. The maximum atomic E-state index is 12.5. The minimum atomic E-state index is -0.375. The van der Waals surface area contributed by atoms with Crippen LogP contribution in [0.3, 0.4) is 0 Å². The molecule has 2 aliphatic heterocycles. The van der Waals surface area contributed by atoms with Gasteiger partial charge in [0, 0.05) is 19.4 Å². The van der Waals surface area contributed by atoms with Crippen LogP contribution < -0.4 is 0 Å². The summed E-state index contributed by atoms with van der Waals surface area (Å²) in [5.41, 5.74) is 1.07. The van der Waals surface area contributed by atoms with Crippen LogP contribution in [0.1, 0.15) is 47.0 Å². The van der Waals surface area contributed by atoms with Gasteiger partial charge in [-0.2, -0.15) is 0 Å². The second-order valence-electron chi connectivity index (χ2n) is 6.86. The van der Waals surface area contributed by atoms with Crippen LogP contribution in [0.5, 0.6) is 0 Å². The Morgan fingerprint density at radius 2 is 2.14 bits per heavy atom. The van der Waals surface area contributed by atoms with Crippen LogP contribution >= 0.6 is 0 Å². The number of rotatable bonds is 9. The van der Waals surface area contributed by atoms with E-state index in [0.717, 1.165) is 19.4 Å². The molecule has 0 aromatic heterocycles. The molecular formula is C17H28O4. The van der Waals surface area contributed by atoms with Gasteiger partial charge in [-0.05, 0) is 33.6 Å². The minimum absolute atomic E-state index is 0.0129. The highest BCUT2D eigenvalue weighted by Gasteiger charge is 2.53. The second-order valence-corrected chi connectivity index (χ2v) is 6.86. The van der Waals surface area contributed by atoms with Crippen molar-refractivity contribution < 1.29 is 19.0 Å². The van der Waals surface area contributed by atoms with Gasteiger partial charge in [0.15, 0.2) is 5.78 Å². The second kappa shape index (κ2) is 6.59. The molecule has 0 aliphatic carbocycles. The smallest absolute Gasteiger partial charge is 0.164 e. The summed E-state index contributed by atoms with van der Waals surface area (Å²) >= 11 is 0. The Kier molecular flexibility index (Phi) is 5.23. The zero-order valence-electron chi connectivity index (χ0n) is 13.8. The normalized spacial score (nSPS) is 33.2. The number of carbonyl (C=O) groups is 1. The van der Waals surface area contributed by atoms with Gasteiger partial charge in [0.25, 0.3) is 0 Å². The number of hydrogen-bond donors (Lipinski definition) is 0. The summed E-state index contributed by atoms with van der Waals surface area (Å²) in [5, 5.41) is 0. The van der Waals surface area contributed by atoms with Crippen molar-refractivity contribution >= 4 is 5.78 Å². The molecule has 21 heavy (non-hydrogen) atoms. The summed E-state index contributed by atoms with van der Waals surface area (Å²) in [6, 6.07) is 0. The largest absolute Gasteiger partial charge is 0.374 e. The number of hydrogen-bond acceptors (Lipinski definition) is 4. The van der Waals surface area contributed by atoms with E-state index in [0.29, 0.717) is 6.42 Å². The topological polar surface area (TPSA) is 51.4 Å². The number of ether oxygens (including phenoxy) is 3. The summed E-state index contributed by atoms with van der Waals surface area (Å²) in [4.78, 5) is 12.5. The molecule has 0 spiro atoms. The van der Waals surface area contributed by atoms with E-state index in [2.05, 4.69) is 26.8 Å². The van der Waals surface area contributed by atoms with Gasteiger partial charge in [0.2, 0.25) is 0 Å². The molecule has 0 saturated carbocycles. The summed E-state index contributed by atoms with van der Waals surface area (Å²) < 4.78 is 16.5. The number of methoxy groups -OCH3 is 1. The van der Waals surface area contributed by atoms with E-state index < -0.39 is 0 Å². The minimum Gasteiger partial charge on any atom is -0.374 e. The highest BCUT2D eigenvalue weighted by atomic mass is 16.6. The highest BCUT2D eigenvalue weighted by Crippen LogP contribution is 2.43. The molecule has 5 unspecified atom stereocenters. The van der Waals surface area contributed by atoms with Crippen molar-refractivity contribution in [2.24, 2.45) is 5.92 Å². The van der Waals surface area contributed by atoms with Gasteiger partial charge in [-0.3, -0.25) is 4.79 Å². The first-order chi connectivity index (χ1) is 9.85. The molecule has 0 N–H and O–H groups in total. The third-order valence-corrected chi connectivity index (χ3v) is 4.47. The van der Waals surface area contributed by atoms with Gasteiger partial charge in [-0.15, -0.1) is 0 Å². The molecule has 120 valence electrons. The third kappa shape index (κ3) is 4.63. The molecule has 4 nitrogen and oxygen atoms in total. The molecular weight excluding hydrogens is 268 g/mol. The van der Waals surface area contributed by atoms with Crippen molar-refractivity contribution in [1.82, 2.24) is 0 Å². The van der Waals surface area contributed by atoms with E-state index in [-0.39, 0.29) is 35.6 Å². The predicted octanol–water partition coefficient (Wildman–Crippen LogP) is 2.90. The standard InChI is InChI=1S/C17H28O4/c1-11(2)6-7-15-17(4,21-15)9-14(19-5)16(18)12(3)8-13-10-20-13/h6,12-15H,7-10H2,1-5H3. The van der Waals surface area contributed by atoms with E-state index in [1.54, 1.807) is 7.11 Å². The molecule has 2 aliphatic rings. The Bertz CT molecular complexity index is 409. The van der Waals surface area contributed by atoms with E-state index in [9.17, 15) is 4.79 Å². The highest BCUT2D eigenvalue weighted by molar-refractivity contribution is 5.85.